The topological polar surface area (TPSA) is 69.6 Å². The van der Waals surface area contributed by atoms with E-state index in [1.807, 2.05) is 0 Å². The number of hydrogen-bond donors (Lipinski definition) is 2. The summed E-state index contributed by atoms with van der Waals surface area (Å²) in [6, 6.07) is 0.569. The van der Waals surface area contributed by atoms with Gasteiger partial charge in [0.2, 0.25) is 5.91 Å². The van der Waals surface area contributed by atoms with Gasteiger partial charge in [-0.15, -0.1) is 0 Å². The molecule has 0 aromatic heterocycles. The molecule has 1 amide bonds. The molecule has 5 heteroatoms. The maximum absolute atomic E-state index is 11.9. The average Bonchev–Trinajstić information content (AvgIpc) is 3.04. The van der Waals surface area contributed by atoms with E-state index in [1.54, 1.807) is 0 Å². The van der Waals surface area contributed by atoms with Gasteiger partial charge in [-0.3, -0.25) is 9.59 Å². The molecule has 1 saturated heterocycles. The van der Waals surface area contributed by atoms with Crippen LogP contribution in [0.3, 0.4) is 0 Å². The summed E-state index contributed by atoms with van der Waals surface area (Å²) in [4.78, 5) is 25.2. The van der Waals surface area contributed by atoms with Crippen molar-refractivity contribution in [2.24, 2.45) is 5.41 Å². The van der Waals surface area contributed by atoms with Gasteiger partial charge in [0, 0.05) is 18.6 Å². The number of carbonyl (C=O) groups is 2. The Morgan fingerprint density at radius 3 is 2.53 bits per heavy atom. The highest BCUT2D eigenvalue weighted by Gasteiger charge is 2.57. The van der Waals surface area contributed by atoms with E-state index in [4.69, 9.17) is 5.11 Å². The van der Waals surface area contributed by atoms with Crippen LogP contribution in [0.25, 0.3) is 0 Å². The molecule has 0 bridgehead atoms. The normalized spacial score (nSPS) is 31.9. The highest BCUT2D eigenvalue weighted by molar-refractivity contribution is 6.04. The van der Waals surface area contributed by atoms with Crippen molar-refractivity contribution in [1.82, 2.24) is 10.2 Å². The molecule has 2 unspecified atom stereocenters. The molecule has 2 N–H and O–H groups in total. The van der Waals surface area contributed by atoms with Crippen molar-refractivity contribution >= 4 is 11.9 Å². The molecule has 0 aromatic rings. The maximum Gasteiger partial charge on any atom is 0.319 e. The number of rotatable bonds is 3. The third-order valence-electron chi connectivity index (χ3n) is 4.14. The van der Waals surface area contributed by atoms with E-state index in [2.05, 4.69) is 24.2 Å². The molecule has 1 heterocycles. The number of nitrogens with zero attached hydrogens (tertiary/aromatic N) is 1. The second-order valence-electron chi connectivity index (χ2n) is 5.41. The molecule has 0 radical (unpaired) electrons. The van der Waals surface area contributed by atoms with Crippen molar-refractivity contribution in [3.05, 3.63) is 0 Å². The van der Waals surface area contributed by atoms with Crippen LogP contribution in [-0.2, 0) is 9.59 Å². The van der Waals surface area contributed by atoms with Crippen LogP contribution in [0.1, 0.15) is 32.6 Å². The minimum atomic E-state index is -1.10. The molecule has 17 heavy (non-hydrogen) atoms. The predicted octanol–water partition coefficient (Wildman–Crippen LogP) is 0.450. The Morgan fingerprint density at radius 2 is 2.06 bits per heavy atom. The highest BCUT2D eigenvalue weighted by atomic mass is 16.4. The zero-order valence-electron chi connectivity index (χ0n) is 10.4. The summed E-state index contributed by atoms with van der Waals surface area (Å²) < 4.78 is 0. The third-order valence-corrected chi connectivity index (χ3v) is 4.14. The fraction of sp³-hybridized carbons (Fsp3) is 0.833. The lowest BCUT2D eigenvalue weighted by molar-refractivity contribution is -0.149. The Morgan fingerprint density at radius 1 is 1.41 bits per heavy atom. The minimum Gasteiger partial charge on any atom is -0.480 e. The number of carboxylic acid groups (broad SMARTS) is 1. The lowest BCUT2D eigenvalue weighted by Crippen LogP contribution is -2.50. The number of hydrogen-bond acceptors (Lipinski definition) is 3. The summed E-state index contributed by atoms with van der Waals surface area (Å²) in [6.45, 7) is 3.08. The largest absolute Gasteiger partial charge is 0.480 e. The second-order valence-corrected chi connectivity index (χ2v) is 5.41. The van der Waals surface area contributed by atoms with Gasteiger partial charge in [-0.05, 0) is 39.7 Å². The van der Waals surface area contributed by atoms with Crippen molar-refractivity contribution in [2.45, 2.75) is 44.7 Å². The Labute approximate surface area is 101 Å². The summed E-state index contributed by atoms with van der Waals surface area (Å²) in [6.07, 6.45) is 2.77. The summed E-state index contributed by atoms with van der Waals surface area (Å²) in [5, 5.41) is 11.9. The Balaban J connectivity index is 1.90. The molecule has 96 valence electrons. The lowest BCUT2D eigenvalue weighted by atomic mass is 9.97. The smallest absolute Gasteiger partial charge is 0.319 e. The first-order valence-corrected chi connectivity index (χ1v) is 6.20. The van der Waals surface area contributed by atoms with E-state index in [-0.39, 0.29) is 11.9 Å². The number of aliphatic carboxylic acids is 1. The molecule has 2 rings (SSSR count). The Bertz CT molecular complexity index is 339. The fourth-order valence-corrected chi connectivity index (χ4v) is 2.41. The van der Waals surface area contributed by atoms with Crippen LogP contribution in [0.2, 0.25) is 0 Å². The third kappa shape index (κ3) is 2.29. The predicted molar refractivity (Wildman–Crippen MR) is 62.6 cm³/mol. The van der Waals surface area contributed by atoms with Gasteiger partial charge in [-0.2, -0.15) is 0 Å². The molecule has 0 spiro atoms. The molecule has 1 saturated carbocycles. The van der Waals surface area contributed by atoms with Gasteiger partial charge in [0.15, 0.2) is 0 Å². The highest BCUT2D eigenvalue weighted by Crippen LogP contribution is 2.46. The number of nitrogens with one attached hydrogen (secondary N) is 1. The van der Waals surface area contributed by atoms with Crippen molar-refractivity contribution in [3.63, 3.8) is 0 Å². The Kier molecular flexibility index (Phi) is 3.12. The molecular formula is C12H20N2O3. The second kappa shape index (κ2) is 4.29. The van der Waals surface area contributed by atoms with Crippen LogP contribution in [0.5, 0.6) is 0 Å². The lowest BCUT2D eigenvalue weighted by Gasteiger charge is -2.35. The van der Waals surface area contributed by atoms with Gasteiger partial charge < -0.3 is 15.3 Å². The number of piperidine rings is 1. The van der Waals surface area contributed by atoms with Crippen molar-refractivity contribution < 1.29 is 14.7 Å². The molecule has 5 nitrogen and oxygen atoms in total. The van der Waals surface area contributed by atoms with Gasteiger partial charge >= 0.3 is 5.97 Å². The van der Waals surface area contributed by atoms with Crippen LogP contribution in [0.15, 0.2) is 0 Å². The first-order chi connectivity index (χ1) is 7.95. The Hall–Kier alpha value is -1.10. The van der Waals surface area contributed by atoms with Crippen LogP contribution < -0.4 is 5.32 Å². The minimum absolute atomic E-state index is 0.130. The van der Waals surface area contributed by atoms with E-state index in [1.165, 1.54) is 0 Å². The van der Waals surface area contributed by atoms with E-state index in [0.29, 0.717) is 18.9 Å². The van der Waals surface area contributed by atoms with Crippen molar-refractivity contribution in [1.29, 1.82) is 0 Å². The van der Waals surface area contributed by atoms with Gasteiger partial charge in [0.25, 0.3) is 0 Å². The maximum atomic E-state index is 11.9. The van der Waals surface area contributed by atoms with E-state index >= 15 is 0 Å². The summed E-state index contributed by atoms with van der Waals surface area (Å²) in [7, 11) is 2.07. The number of likely N-dealkylation sites (tertiary alicyclic amines) is 1. The summed E-state index contributed by atoms with van der Waals surface area (Å²) >= 11 is 0. The first-order valence-electron chi connectivity index (χ1n) is 6.20. The quantitative estimate of drug-likeness (QED) is 0.703. The van der Waals surface area contributed by atoms with Crippen LogP contribution >= 0.6 is 0 Å². The summed E-state index contributed by atoms with van der Waals surface area (Å²) in [5.74, 6) is -1.26. The van der Waals surface area contributed by atoms with Gasteiger partial charge in [-0.1, -0.05) is 0 Å². The van der Waals surface area contributed by atoms with Crippen LogP contribution in [-0.4, -0.2) is 47.6 Å². The first kappa shape index (κ1) is 12.4. The van der Waals surface area contributed by atoms with E-state index in [9.17, 15) is 9.59 Å². The molecule has 1 aliphatic heterocycles. The average molecular weight is 240 g/mol. The zero-order chi connectivity index (χ0) is 12.6. The van der Waals surface area contributed by atoms with Crippen molar-refractivity contribution in [3.8, 4) is 0 Å². The van der Waals surface area contributed by atoms with E-state index < -0.39 is 11.4 Å². The van der Waals surface area contributed by atoms with E-state index in [0.717, 1.165) is 19.4 Å². The van der Waals surface area contributed by atoms with Gasteiger partial charge in [0.1, 0.15) is 5.41 Å². The van der Waals surface area contributed by atoms with Crippen LogP contribution in [0, 0.1) is 5.41 Å². The number of amides is 1. The fourth-order valence-electron chi connectivity index (χ4n) is 2.41. The monoisotopic (exact) mass is 240 g/mol. The molecule has 2 fully saturated rings. The van der Waals surface area contributed by atoms with Gasteiger partial charge in [-0.25, -0.2) is 0 Å². The zero-order valence-corrected chi connectivity index (χ0v) is 10.4. The molecular weight excluding hydrogens is 220 g/mol. The van der Waals surface area contributed by atoms with Gasteiger partial charge in [0.05, 0.1) is 0 Å². The molecule has 2 atom stereocenters. The number of carboxylic acids is 1. The van der Waals surface area contributed by atoms with Crippen molar-refractivity contribution in [2.75, 3.05) is 13.6 Å². The molecule has 1 aliphatic carbocycles. The standard InChI is InChI=1S/C12H20N2O3/c1-8-7-9(3-6-14(8)2)13-10(15)12(4-5-12)11(16)17/h8-9H,3-7H2,1-2H3,(H,13,15)(H,16,17). The number of carbonyl (C=O) groups excluding carboxylic acids is 1. The van der Waals surface area contributed by atoms with Crippen LogP contribution in [0.4, 0.5) is 0 Å². The summed E-state index contributed by atoms with van der Waals surface area (Å²) in [5.41, 5.74) is -1.10. The SMILES string of the molecule is CC1CC(NC(=O)C2(C(=O)O)CC2)CCN1C. The molecule has 2 aliphatic rings. The molecule has 0 aromatic carbocycles.